The average molecular weight is 384 g/mol. The molecule has 0 heterocycles. The maximum atomic E-state index is 13.6. The summed E-state index contributed by atoms with van der Waals surface area (Å²) in [5.41, 5.74) is 9.30. The van der Waals surface area contributed by atoms with E-state index in [0.717, 1.165) is 5.69 Å². The molecule has 0 bridgehead atoms. The van der Waals surface area contributed by atoms with E-state index in [1.807, 2.05) is 34.7 Å². The lowest BCUT2D eigenvalue weighted by atomic mass is 9.87. The first-order valence-electron chi connectivity index (χ1n) is 6.39. The number of nitrogens with one attached hydrogen (secondary N) is 1. The molecule has 0 spiro atoms. The highest BCUT2D eigenvalue weighted by molar-refractivity contribution is 14.1. The molecule has 2 nitrogen and oxygen atoms in total. The van der Waals surface area contributed by atoms with Crippen LogP contribution in [0.3, 0.4) is 0 Å². The summed E-state index contributed by atoms with van der Waals surface area (Å²) in [7, 11) is 0. The highest BCUT2D eigenvalue weighted by Crippen LogP contribution is 2.29. The summed E-state index contributed by atoms with van der Waals surface area (Å²) < 4.78 is 14.1. The Morgan fingerprint density at radius 1 is 1.10 bits per heavy atom. The largest absolute Gasteiger partial charge is 0.397 e. The lowest BCUT2D eigenvalue weighted by Gasteiger charge is -2.19. The summed E-state index contributed by atoms with van der Waals surface area (Å²) in [5.74, 6) is -0.270. The standard InChI is InChI=1S/C16H18FIN2/c1-16(2,3)10-4-6-11(7-5-10)20-15-8-12(17)13(18)9-14(15)19/h4-9,20H,19H2,1-3H3. The van der Waals surface area contributed by atoms with E-state index < -0.39 is 0 Å². The van der Waals surface area contributed by atoms with E-state index in [9.17, 15) is 4.39 Å². The number of nitrogens with two attached hydrogens (primary N) is 1. The fourth-order valence-corrected chi connectivity index (χ4v) is 2.37. The van der Waals surface area contributed by atoms with Gasteiger partial charge in [-0.15, -0.1) is 0 Å². The molecule has 0 atom stereocenters. The van der Waals surface area contributed by atoms with Crippen molar-refractivity contribution in [3.63, 3.8) is 0 Å². The first-order chi connectivity index (χ1) is 9.27. The zero-order valence-corrected chi connectivity index (χ0v) is 14.0. The Kier molecular flexibility index (Phi) is 4.22. The Morgan fingerprint density at radius 2 is 1.70 bits per heavy atom. The second-order valence-corrected chi connectivity index (χ2v) is 6.97. The van der Waals surface area contributed by atoms with Gasteiger partial charge >= 0.3 is 0 Å². The van der Waals surface area contributed by atoms with Gasteiger partial charge in [0.1, 0.15) is 5.82 Å². The second-order valence-electron chi connectivity index (χ2n) is 5.81. The van der Waals surface area contributed by atoms with Gasteiger partial charge in [0.05, 0.1) is 14.9 Å². The van der Waals surface area contributed by atoms with Crippen molar-refractivity contribution >= 4 is 39.7 Å². The Hall–Kier alpha value is -1.30. The number of rotatable bonds is 2. The van der Waals surface area contributed by atoms with Crippen LogP contribution in [-0.2, 0) is 5.41 Å². The second kappa shape index (κ2) is 5.60. The van der Waals surface area contributed by atoms with Crippen LogP contribution in [0.5, 0.6) is 0 Å². The Labute approximate surface area is 132 Å². The van der Waals surface area contributed by atoms with Gasteiger partial charge < -0.3 is 11.1 Å². The minimum Gasteiger partial charge on any atom is -0.397 e. The molecule has 106 valence electrons. The molecule has 0 saturated heterocycles. The first kappa shape index (κ1) is 15.1. The molecule has 0 aliphatic heterocycles. The van der Waals surface area contributed by atoms with Gasteiger partial charge in [-0.1, -0.05) is 32.9 Å². The monoisotopic (exact) mass is 384 g/mol. The van der Waals surface area contributed by atoms with E-state index in [2.05, 4.69) is 38.2 Å². The van der Waals surface area contributed by atoms with Crippen LogP contribution >= 0.6 is 22.6 Å². The molecular weight excluding hydrogens is 366 g/mol. The maximum Gasteiger partial charge on any atom is 0.138 e. The molecule has 3 N–H and O–H groups in total. The van der Waals surface area contributed by atoms with Crippen LogP contribution in [0, 0.1) is 9.39 Å². The molecule has 0 fully saturated rings. The molecule has 2 aromatic rings. The van der Waals surface area contributed by atoms with Gasteiger partial charge in [0, 0.05) is 11.8 Å². The normalized spacial score (nSPS) is 11.4. The minimum absolute atomic E-state index is 0.118. The zero-order valence-electron chi connectivity index (χ0n) is 11.8. The molecule has 2 aromatic carbocycles. The number of anilines is 3. The van der Waals surface area contributed by atoms with Gasteiger partial charge in [-0.05, 0) is 51.8 Å². The molecule has 4 heteroatoms. The van der Waals surface area contributed by atoms with Gasteiger partial charge in [-0.3, -0.25) is 0 Å². The van der Waals surface area contributed by atoms with E-state index in [0.29, 0.717) is 14.9 Å². The molecule has 0 radical (unpaired) electrons. The van der Waals surface area contributed by atoms with Crippen LogP contribution in [0.25, 0.3) is 0 Å². The van der Waals surface area contributed by atoms with Crippen molar-refractivity contribution in [1.29, 1.82) is 0 Å². The molecule has 0 amide bonds. The van der Waals surface area contributed by atoms with Crippen LogP contribution in [0.15, 0.2) is 36.4 Å². The molecule has 20 heavy (non-hydrogen) atoms. The Morgan fingerprint density at radius 3 is 2.25 bits per heavy atom. The van der Waals surface area contributed by atoms with Crippen LogP contribution in [0.4, 0.5) is 21.5 Å². The third-order valence-corrected chi connectivity index (χ3v) is 3.95. The third-order valence-electron chi connectivity index (χ3n) is 3.12. The van der Waals surface area contributed by atoms with Crippen LogP contribution < -0.4 is 11.1 Å². The van der Waals surface area contributed by atoms with Gasteiger partial charge in [0.2, 0.25) is 0 Å². The van der Waals surface area contributed by atoms with Gasteiger partial charge in [0.15, 0.2) is 0 Å². The van der Waals surface area contributed by atoms with E-state index >= 15 is 0 Å². The minimum atomic E-state index is -0.270. The smallest absolute Gasteiger partial charge is 0.138 e. The number of nitrogen functional groups attached to an aromatic ring is 1. The van der Waals surface area contributed by atoms with Gasteiger partial charge in [-0.2, -0.15) is 0 Å². The third kappa shape index (κ3) is 3.42. The summed E-state index contributed by atoms with van der Waals surface area (Å²) in [6.45, 7) is 6.51. The zero-order chi connectivity index (χ0) is 14.9. The molecule has 0 aliphatic rings. The van der Waals surface area contributed by atoms with Crippen molar-refractivity contribution in [2.75, 3.05) is 11.1 Å². The predicted octanol–water partition coefficient (Wildman–Crippen LogP) is 5.05. The highest BCUT2D eigenvalue weighted by atomic mass is 127. The lowest BCUT2D eigenvalue weighted by Crippen LogP contribution is -2.10. The molecule has 0 aromatic heterocycles. The van der Waals surface area contributed by atoms with E-state index in [-0.39, 0.29) is 11.2 Å². The number of hydrogen-bond acceptors (Lipinski definition) is 2. The highest BCUT2D eigenvalue weighted by Gasteiger charge is 2.13. The van der Waals surface area contributed by atoms with E-state index in [4.69, 9.17) is 5.73 Å². The maximum absolute atomic E-state index is 13.6. The van der Waals surface area contributed by atoms with Crippen molar-refractivity contribution in [1.82, 2.24) is 0 Å². The summed E-state index contributed by atoms with van der Waals surface area (Å²) in [4.78, 5) is 0. The number of benzene rings is 2. The van der Waals surface area contributed by atoms with Crippen molar-refractivity contribution in [3.8, 4) is 0 Å². The molecule has 0 saturated carbocycles. The quantitative estimate of drug-likeness (QED) is 0.562. The Balaban J connectivity index is 2.25. The van der Waals surface area contributed by atoms with Crippen molar-refractivity contribution in [2.24, 2.45) is 0 Å². The van der Waals surface area contributed by atoms with Crippen LogP contribution in [0.2, 0.25) is 0 Å². The van der Waals surface area contributed by atoms with Gasteiger partial charge in [0.25, 0.3) is 0 Å². The topological polar surface area (TPSA) is 38.0 Å². The van der Waals surface area contributed by atoms with Gasteiger partial charge in [-0.25, -0.2) is 4.39 Å². The summed E-state index contributed by atoms with van der Waals surface area (Å²) in [6, 6.07) is 11.2. The van der Waals surface area contributed by atoms with Crippen LogP contribution in [-0.4, -0.2) is 0 Å². The van der Waals surface area contributed by atoms with Crippen molar-refractivity contribution in [2.45, 2.75) is 26.2 Å². The van der Waals surface area contributed by atoms with Crippen LogP contribution in [0.1, 0.15) is 26.3 Å². The Bertz CT molecular complexity index is 616. The summed E-state index contributed by atoms with van der Waals surface area (Å²) in [6.07, 6.45) is 0. The predicted molar refractivity (Wildman–Crippen MR) is 92.0 cm³/mol. The number of hydrogen-bond donors (Lipinski definition) is 2. The SMILES string of the molecule is CC(C)(C)c1ccc(Nc2cc(F)c(I)cc2N)cc1. The summed E-state index contributed by atoms with van der Waals surface area (Å²) in [5, 5.41) is 3.15. The molecule has 0 unspecified atom stereocenters. The van der Waals surface area contributed by atoms with E-state index in [1.54, 1.807) is 6.07 Å². The number of halogens is 2. The molecule has 0 aliphatic carbocycles. The molecular formula is C16H18FIN2. The lowest BCUT2D eigenvalue weighted by molar-refractivity contribution is 0.590. The van der Waals surface area contributed by atoms with E-state index in [1.165, 1.54) is 11.6 Å². The fourth-order valence-electron chi connectivity index (χ4n) is 1.88. The average Bonchev–Trinajstić information content (AvgIpc) is 2.35. The first-order valence-corrected chi connectivity index (χ1v) is 7.47. The van der Waals surface area contributed by atoms with Crippen molar-refractivity contribution < 1.29 is 4.39 Å². The fraction of sp³-hybridized carbons (Fsp3) is 0.250. The summed E-state index contributed by atoms with van der Waals surface area (Å²) >= 11 is 1.93. The van der Waals surface area contributed by atoms with Crippen molar-refractivity contribution in [3.05, 3.63) is 51.3 Å². The molecule has 2 rings (SSSR count).